The first kappa shape index (κ1) is 18.5. The zero-order valence-corrected chi connectivity index (χ0v) is 15.7. The smallest absolute Gasteiger partial charge is 0.248 e. The minimum absolute atomic E-state index is 0.0247. The van der Waals surface area contributed by atoms with E-state index in [2.05, 4.69) is 10.2 Å². The summed E-state index contributed by atoms with van der Waals surface area (Å²) in [5, 5.41) is 2.97. The van der Waals surface area contributed by atoms with Crippen LogP contribution >= 0.6 is 0 Å². The summed E-state index contributed by atoms with van der Waals surface area (Å²) < 4.78 is 6.14. The fraction of sp³-hybridized carbons (Fsp3) is 0.364. The highest BCUT2D eigenvalue weighted by Gasteiger charge is 2.42. The number of ether oxygens (including phenoxy) is 1. The number of primary amides is 1. The van der Waals surface area contributed by atoms with E-state index in [0.29, 0.717) is 29.9 Å². The Kier molecular flexibility index (Phi) is 5.30. The van der Waals surface area contributed by atoms with Crippen molar-refractivity contribution in [3.8, 4) is 5.75 Å². The van der Waals surface area contributed by atoms with Crippen LogP contribution in [0.25, 0.3) is 0 Å². The average molecular weight is 379 g/mol. The molecule has 6 heteroatoms. The quantitative estimate of drug-likeness (QED) is 0.808. The molecule has 2 aliphatic heterocycles. The number of hydrogen-bond acceptors (Lipinski definition) is 4. The van der Waals surface area contributed by atoms with E-state index >= 15 is 0 Å². The average Bonchev–Trinajstić information content (AvgIpc) is 2.91. The molecule has 0 radical (unpaired) electrons. The van der Waals surface area contributed by atoms with Crippen LogP contribution in [0.4, 0.5) is 5.69 Å². The first-order valence-corrected chi connectivity index (χ1v) is 9.75. The highest BCUT2D eigenvalue weighted by Crippen LogP contribution is 2.37. The Morgan fingerprint density at radius 3 is 2.43 bits per heavy atom. The fourth-order valence-electron chi connectivity index (χ4n) is 4.38. The third-order valence-electron chi connectivity index (χ3n) is 5.65. The van der Waals surface area contributed by atoms with Crippen molar-refractivity contribution in [1.82, 2.24) is 4.90 Å². The maximum Gasteiger partial charge on any atom is 0.248 e. The van der Waals surface area contributed by atoms with Gasteiger partial charge < -0.3 is 15.8 Å². The Labute approximate surface area is 164 Å². The third-order valence-corrected chi connectivity index (χ3v) is 5.65. The number of carbonyl (C=O) groups is 2. The van der Waals surface area contributed by atoms with Crippen LogP contribution in [0.2, 0.25) is 0 Å². The van der Waals surface area contributed by atoms with E-state index in [1.807, 2.05) is 36.4 Å². The van der Waals surface area contributed by atoms with Gasteiger partial charge in [-0.25, -0.2) is 0 Å². The maximum absolute atomic E-state index is 12.4. The van der Waals surface area contributed by atoms with Gasteiger partial charge in [0.1, 0.15) is 11.9 Å². The predicted molar refractivity (Wildman–Crippen MR) is 107 cm³/mol. The molecule has 3 atom stereocenters. The summed E-state index contributed by atoms with van der Waals surface area (Å²) in [5.74, 6) is 0.248. The number of fused-ring (bicyclic) bond motifs is 2. The lowest BCUT2D eigenvalue weighted by molar-refractivity contribution is -0.118. The van der Waals surface area contributed by atoms with Gasteiger partial charge in [0.05, 0.1) is 6.54 Å². The van der Waals surface area contributed by atoms with Crippen LogP contribution in [0.3, 0.4) is 0 Å². The van der Waals surface area contributed by atoms with Crippen LogP contribution in [0.5, 0.6) is 5.75 Å². The second kappa shape index (κ2) is 8.02. The lowest BCUT2D eigenvalue weighted by atomic mass is 9.99. The number of para-hydroxylation sites is 1. The lowest BCUT2D eigenvalue weighted by Crippen LogP contribution is -2.49. The molecule has 2 aliphatic rings. The van der Waals surface area contributed by atoms with Crippen molar-refractivity contribution in [2.24, 2.45) is 5.73 Å². The molecular formula is C22H25N3O3. The molecule has 1 unspecified atom stereocenters. The first-order valence-electron chi connectivity index (χ1n) is 9.75. The van der Waals surface area contributed by atoms with Crippen LogP contribution < -0.4 is 15.8 Å². The van der Waals surface area contributed by atoms with Gasteiger partial charge >= 0.3 is 0 Å². The molecule has 0 aliphatic carbocycles. The number of nitrogens with two attached hydrogens (primary N) is 1. The summed E-state index contributed by atoms with van der Waals surface area (Å²) in [6.45, 7) is 0.411. The van der Waals surface area contributed by atoms with E-state index in [0.717, 1.165) is 31.4 Å². The molecule has 4 rings (SSSR count). The molecule has 2 bridgehead atoms. The molecule has 2 aromatic carbocycles. The summed E-state index contributed by atoms with van der Waals surface area (Å²) in [5.41, 5.74) is 6.63. The van der Waals surface area contributed by atoms with Crippen LogP contribution in [0.1, 0.15) is 36.0 Å². The van der Waals surface area contributed by atoms with Gasteiger partial charge in [0.2, 0.25) is 11.8 Å². The normalized spacial score (nSPS) is 23.9. The van der Waals surface area contributed by atoms with Crippen molar-refractivity contribution in [2.75, 3.05) is 11.9 Å². The van der Waals surface area contributed by atoms with Crippen molar-refractivity contribution >= 4 is 17.5 Å². The minimum Gasteiger partial charge on any atom is -0.490 e. The zero-order valence-electron chi connectivity index (χ0n) is 15.7. The van der Waals surface area contributed by atoms with E-state index in [4.69, 9.17) is 10.5 Å². The van der Waals surface area contributed by atoms with Gasteiger partial charge in [0.25, 0.3) is 0 Å². The molecule has 146 valence electrons. The number of carbonyl (C=O) groups excluding carboxylic acids is 2. The minimum atomic E-state index is -0.454. The van der Waals surface area contributed by atoms with Crippen LogP contribution in [0, 0.1) is 0 Å². The molecule has 0 spiro atoms. The maximum atomic E-state index is 12.4. The molecule has 0 aromatic heterocycles. The number of anilines is 1. The second-order valence-corrected chi connectivity index (χ2v) is 7.57. The Balaban J connectivity index is 1.35. The largest absolute Gasteiger partial charge is 0.490 e. The van der Waals surface area contributed by atoms with Crippen LogP contribution in [-0.4, -0.2) is 41.4 Å². The summed E-state index contributed by atoms with van der Waals surface area (Å²) in [4.78, 5) is 26.1. The summed E-state index contributed by atoms with van der Waals surface area (Å²) in [6.07, 6.45) is 4.04. The SMILES string of the molecule is NC(=O)c1cccc(OC2C[C@H]3CC[C@@H](C2)N3CC(=O)Nc2ccccc2)c1. The fourth-order valence-corrected chi connectivity index (χ4v) is 4.38. The highest BCUT2D eigenvalue weighted by atomic mass is 16.5. The molecule has 0 saturated carbocycles. The van der Waals surface area contributed by atoms with E-state index in [1.54, 1.807) is 18.2 Å². The summed E-state index contributed by atoms with van der Waals surface area (Å²) in [6, 6.07) is 17.3. The van der Waals surface area contributed by atoms with E-state index < -0.39 is 5.91 Å². The molecule has 2 amide bonds. The van der Waals surface area contributed by atoms with Crippen molar-refractivity contribution in [3.05, 3.63) is 60.2 Å². The highest BCUT2D eigenvalue weighted by molar-refractivity contribution is 5.93. The van der Waals surface area contributed by atoms with E-state index in [9.17, 15) is 9.59 Å². The predicted octanol–water partition coefficient (Wildman–Crippen LogP) is 2.80. The number of nitrogens with zero attached hydrogens (tertiary/aromatic N) is 1. The second-order valence-electron chi connectivity index (χ2n) is 7.57. The van der Waals surface area contributed by atoms with Gasteiger partial charge in [0, 0.05) is 23.3 Å². The number of rotatable bonds is 6. The Hall–Kier alpha value is -2.86. The third kappa shape index (κ3) is 4.17. The van der Waals surface area contributed by atoms with E-state index in [1.165, 1.54) is 0 Å². The Bertz CT molecular complexity index is 841. The summed E-state index contributed by atoms with van der Waals surface area (Å²) in [7, 11) is 0. The Morgan fingerprint density at radius 2 is 1.75 bits per heavy atom. The number of benzene rings is 2. The molecule has 6 nitrogen and oxygen atoms in total. The number of piperidine rings is 1. The molecule has 2 aromatic rings. The monoisotopic (exact) mass is 379 g/mol. The van der Waals surface area contributed by atoms with Crippen molar-refractivity contribution in [2.45, 2.75) is 43.9 Å². The van der Waals surface area contributed by atoms with Crippen LogP contribution in [0.15, 0.2) is 54.6 Å². The van der Waals surface area contributed by atoms with Crippen LogP contribution in [-0.2, 0) is 4.79 Å². The number of amides is 2. The van der Waals surface area contributed by atoms with Gasteiger partial charge in [-0.15, -0.1) is 0 Å². The molecule has 28 heavy (non-hydrogen) atoms. The molecular weight excluding hydrogens is 354 g/mol. The number of nitrogens with one attached hydrogen (secondary N) is 1. The molecule has 2 saturated heterocycles. The van der Waals surface area contributed by atoms with Crippen molar-refractivity contribution in [1.29, 1.82) is 0 Å². The van der Waals surface area contributed by atoms with Crippen molar-refractivity contribution in [3.63, 3.8) is 0 Å². The first-order chi connectivity index (χ1) is 13.6. The zero-order chi connectivity index (χ0) is 19.5. The van der Waals surface area contributed by atoms with Gasteiger partial charge in [-0.3, -0.25) is 14.5 Å². The van der Waals surface area contributed by atoms with Gasteiger partial charge in [0.15, 0.2) is 0 Å². The van der Waals surface area contributed by atoms with Gasteiger partial charge in [-0.05, 0) is 56.0 Å². The Morgan fingerprint density at radius 1 is 1.04 bits per heavy atom. The standard InChI is InChI=1S/C22H25N3O3/c23-22(27)15-5-4-8-19(11-15)28-20-12-17-9-10-18(13-20)25(17)14-21(26)24-16-6-2-1-3-7-16/h1-8,11,17-18,20H,9-10,12-14H2,(H2,23,27)(H,24,26)/t17-,18+,20?. The van der Waals surface area contributed by atoms with Gasteiger partial charge in [-0.1, -0.05) is 24.3 Å². The van der Waals surface area contributed by atoms with Crippen molar-refractivity contribution < 1.29 is 14.3 Å². The van der Waals surface area contributed by atoms with E-state index in [-0.39, 0.29) is 12.0 Å². The number of hydrogen-bond donors (Lipinski definition) is 2. The molecule has 2 heterocycles. The molecule has 3 N–H and O–H groups in total. The lowest BCUT2D eigenvalue weighted by Gasteiger charge is -2.38. The molecule has 2 fully saturated rings. The summed E-state index contributed by atoms with van der Waals surface area (Å²) >= 11 is 0. The van der Waals surface area contributed by atoms with Gasteiger partial charge in [-0.2, -0.15) is 0 Å². The topological polar surface area (TPSA) is 84.7 Å².